The first-order valence-electron chi connectivity index (χ1n) is 7.31. The van der Waals surface area contributed by atoms with E-state index in [0.717, 1.165) is 50.8 Å². The number of aryl methyl sites for hydroxylation is 1. The fourth-order valence-corrected chi connectivity index (χ4v) is 2.82. The maximum absolute atomic E-state index is 11.6. The molecular weight excluding hydrogens is 270 g/mol. The van der Waals surface area contributed by atoms with E-state index in [0.29, 0.717) is 6.04 Å². The van der Waals surface area contributed by atoms with Gasteiger partial charge in [0.25, 0.3) is 0 Å². The second kappa shape index (κ2) is 5.95. The molecule has 2 aliphatic heterocycles. The SMILES string of the molecule is COC(=O)c1nc(C)cc(N2CC(N3CCNCC3)C2)n1. The molecule has 1 N–H and O–H groups in total. The predicted octanol–water partition coefficient (Wildman–Crippen LogP) is -0.335. The minimum atomic E-state index is -0.487. The summed E-state index contributed by atoms with van der Waals surface area (Å²) < 4.78 is 4.70. The first-order valence-corrected chi connectivity index (χ1v) is 7.31. The molecule has 7 nitrogen and oxygen atoms in total. The van der Waals surface area contributed by atoms with Gasteiger partial charge in [0.05, 0.1) is 7.11 Å². The lowest BCUT2D eigenvalue weighted by Gasteiger charge is -2.47. The molecule has 3 heterocycles. The average Bonchev–Trinajstić information content (AvgIpc) is 2.45. The summed E-state index contributed by atoms with van der Waals surface area (Å²) in [5, 5.41) is 3.37. The Bertz CT molecular complexity index is 524. The van der Waals surface area contributed by atoms with Gasteiger partial charge in [0.1, 0.15) is 5.82 Å². The maximum Gasteiger partial charge on any atom is 0.376 e. The van der Waals surface area contributed by atoms with Gasteiger partial charge in [-0.15, -0.1) is 0 Å². The fourth-order valence-electron chi connectivity index (χ4n) is 2.82. The second-order valence-corrected chi connectivity index (χ2v) is 5.53. The summed E-state index contributed by atoms with van der Waals surface area (Å²) in [5.41, 5.74) is 0.783. The van der Waals surface area contributed by atoms with E-state index in [2.05, 4.69) is 25.1 Å². The van der Waals surface area contributed by atoms with E-state index in [-0.39, 0.29) is 5.82 Å². The molecule has 0 radical (unpaired) electrons. The zero-order valence-corrected chi connectivity index (χ0v) is 12.5. The lowest BCUT2D eigenvalue weighted by molar-refractivity contribution is 0.0586. The predicted molar refractivity (Wildman–Crippen MR) is 78.6 cm³/mol. The largest absolute Gasteiger partial charge is 0.463 e. The van der Waals surface area contributed by atoms with E-state index < -0.39 is 5.97 Å². The molecule has 3 rings (SSSR count). The molecule has 21 heavy (non-hydrogen) atoms. The number of nitrogens with one attached hydrogen (secondary N) is 1. The Morgan fingerprint density at radius 1 is 1.33 bits per heavy atom. The van der Waals surface area contributed by atoms with Gasteiger partial charge in [-0.3, -0.25) is 4.90 Å². The van der Waals surface area contributed by atoms with Crippen molar-refractivity contribution in [2.24, 2.45) is 0 Å². The highest BCUT2D eigenvalue weighted by atomic mass is 16.5. The minimum Gasteiger partial charge on any atom is -0.463 e. The Labute approximate surface area is 124 Å². The van der Waals surface area contributed by atoms with Crippen molar-refractivity contribution in [1.82, 2.24) is 20.2 Å². The number of ether oxygens (including phenoxy) is 1. The van der Waals surface area contributed by atoms with Gasteiger partial charge in [0.15, 0.2) is 0 Å². The van der Waals surface area contributed by atoms with E-state index >= 15 is 0 Å². The van der Waals surface area contributed by atoms with Crippen molar-refractivity contribution in [1.29, 1.82) is 0 Å². The van der Waals surface area contributed by atoms with Gasteiger partial charge in [-0.25, -0.2) is 14.8 Å². The van der Waals surface area contributed by atoms with E-state index in [9.17, 15) is 4.79 Å². The van der Waals surface area contributed by atoms with Crippen LogP contribution in [0.5, 0.6) is 0 Å². The number of hydrogen-bond donors (Lipinski definition) is 1. The molecule has 2 aliphatic rings. The molecule has 2 saturated heterocycles. The molecule has 0 atom stereocenters. The molecule has 0 spiro atoms. The number of carbonyl (C=O) groups excluding carboxylic acids is 1. The summed E-state index contributed by atoms with van der Waals surface area (Å²) in [4.78, 5) is 24.7. The number of carbonyl (C=O) groups is 1. The van der Waals surface area contributed by atoms with Crippen molar-refractivity contribution in [3.63, 3.8) is 0 Å². The molecule has 0 aliphatic carbocycles. The van der Waals surface area contributed by atoms with Crippen LogP contribution >= 0.6 is 0 Å². The van der Waals surface area contributed by atoms with E-state index in [4.69, 9.17) is 4.74 Å². The van der Waals surface area contributed by atoms with Crippen molar-refractivity contribution in [2.45, 2.75) is 13.0 Å². The monoisotopic (exact) mass is 291 g/mol. The van der Waals surface area contributed by atoms with Crippen LogP contribution in [0.1, 0.15) is 16.3 Å². The van der Waals surface area contributed by atoms with Gasteiger partial charge < -0.3 is 15.0 Å². The second-order valence-electron chi connectivity index (χ2n) is 5.53. The average molecular weight is 291 g/mol. The van der Waals surface area contributed by atoms with E-state index in [1.807, 2.05) is 13.0 Å². The van der Waals surface area contributed by atoms with Crippen molar-refractivity contribution in [3.05, 3.63) is 17.6 Å². The Kier molecular flexibility index (Phi) is 4.03. The number of rotatable bonds is 3. The van der Waals surface area contributed by atoms with Crippen LogP contribution in [0.2, 0.25) is 0 Å². The Balaban J connectivity index is 1.66. The Morgan fingerprint density at radius 3 is 2.71 bits per heavy atom. The number of esters is 1. The molecule has 0 aromatic carbocycles. The molecule has 0 unspecified atom stereocenters. The quantitative estimate of drug-likeness (QED) is 0.764. The standard InChI is InChI=1S/C14H21N5O2/c1-10-7-12(17-13(16-10)14(20)21-2)19-8-11(9-19)18-5-3-15-4-6-18/h7,11,15H,3-6,8-9H2,1-2H3. The molecule has 114 valence electrons. The van der Waals surface area contributed by atoms with Gasteiger partial charge in [-0.05, 0) is 6.92 Å². The smallest absolute Gasteiger partial charge is 0.376 e. The third kappa shape index (κ3) is 2.98. The van der Waals surface area contributed by atoms with Gasteiger partial charge in [0.2, 0.25) is 5.82 Å². The molecule has 2 fully saturated rings. The number of nitrogens with zero attached hydrogens (tertiary/aromatic N) is 4. The number of hydrogen-bond acceptors (Lipinski definition) is 7. The molecule has 1 aromatic rings. The van der Waals surface area contributed by atoms with Crippen LogP contribution in [0.25, 0.3) is 0 Å². The van der Waals surface area contributed by atoms with Crippen LogP contribution in [-0.4, -0.2) is 73.3 Å². The topological polar surface area (TPSA) is 70.6 Å². The lowest BCUT2D eigenvalue weighted by atomic mass is 10.1. The number of anilines is 1. The van der Waals surface area contributed by atoms with Crippen LogP contribution in [0.15, 0.2) is 6.07 Å². The van der Waals surface area contributed by atoms with Gasteiger partial charge in [0, 0.05) is 57.1 Å². The highest BCUT2D eigenvalue weighted by Crippen LogP contribution is 2.23. The summed E-state index contributed by atoms with van der Waals surface area (Å²) in [6.07, 6.45) is 0. The summed E-state index contributed by atoms with van der Waals surface area (Å²) in [6.45, 7) is 8.12. The van der Waals surface area contributed by atoms with E-state index in [1.54, 1.807) is 0 Å². The third-order valence-electron chi connectivity index (χ3n) is 4.06. The maximum atomic E-state index is 11.6. The Hall–Kier alpha value is -1.73. The molecule has 0 saturated carbocycles. The summed E-state index contributed by atoms with van der Waals surface area (Å²) in [6, 6.07) is 2.50. The number of piperazine rings is 1. The van der Waals surface area contributed by atoms with Crippen LogP contribution in [0.4, 0.5) is 5.82 Å². The zero-order valence-electron chi connectivity index (χ0n) is 12.5. The normalized spacial score (nSPS) is 20.2. The van der Waals surface area contributed by atoms with Gasteiger partial charge >= 0.3 is 5.97 Å². The Morgan fingerprint density at radius 2 is 2.05 bits per heavy atom. The first-order chi connectivity index (χ1) is 10.2. The number of aromatic nitrogens is 2. The summed E-state index contributed by atoms with van der Waals surface area (Å²) >= 11 is 0. The summed E-state index contributed by atoms with van der Waals surface area (Å²) in [7, 11) is 1.34. The zero-order chi connectivity index (χ0) is 14.8. The van der Waals surface area contributed by atoms with Crippen molar-refractivity contribution in [2.75, 3.05) is 51.3 Å². The fraction of sp³-hybridized carbons (Fsp3) is 0.643. The molecule has 0 bridgehead atoms. The van der Waals surface area contributed by atoms with Crippen molar-refractivity contribution < 1.29 is 9.53 Å². The van der Waals surface area contributed by atoms with Crippen molar-refractivity contribution in [3.8, 4) is 0 Å². The molecular formula is C14H21N5O2. The third-order valence-corrected chi connectivity index (χ3v) is 4.06. The van der Waals surface area contributed by atoms with Crippen molar-refractivity contribution >= 4 is 11.8 Å². The highest BCUT2D eigenvalue weighted by molar-refractivity contribution is 5.85. The van der Waals surface area contributed by atoms with Crippen LogP contribution < -0.4 is 10.2 Å². The molecule has 7 heteroatoms. The van der Waals surface area contributed by atoms with Crippen LogP contribution in [-0.2, 0) is 4.74 Å². The van der Waals surface area contributed by atoms with Crippen LogP contribution in [0.3, 0.4) is 0 Å². The van der Waals surface area contributed by atoms with Crippen LogP contribution in [0, 0.1) is 6.92 Å². The number of methoxy groups -OCH3 is 1. The molecule has 1 aromatic heterocycles. The molecule has 0 amide bonds. The van der Waals surface area contributed by atoms with Gasteiger partial charge in [-0.2, -0.15) is 0 Å². The lowest BCUT2D eigenvalue weighted by Crippen LogP contribution is -2.63. The van der Waals surface area contributed by atoms with E-state index in [1.165, 1.54) is 7.11 Å². The minimum absolute atomic E-state index is 0.137. The first kappa shape index (κ1) is 14.2. The highest BCUT2D eigenvalue weighted by Gasteiger charge is 2.33. The summed E-state index contributed by atoms with van der Waals surface area (Å²) in [5.74, 6) is 0.464. The van der Waals surface area contributed by atoms with Gasteiger partial charge in [-0.1, -0.05) is 0 Å².